The molecular weight excluding hydrogens is 463 g/mol. The average Bonchev–Trinajstić information content (AvgIpc) is 2.89. The maximum absolute atomic E-state index is 13.5. The highest BCUT2D eigenvalue weighted by Crippen LogP contribution is 2.29. The SMILES string of the molecule is CCc1nc([C@H](C)CC)nc(N2CCN(C(=O)c3ccccc3Cl)CC2)c1Cc1ccc(F)cc1. The molecule has 3 aromatic rings. The van der Waals surface area contributed by atoms with Crippen molar-refractivity contribution in [3.8, 4) is 0 Å². The van der Waals surface area contributed by atoms with Gasteiger partial charge in [-0.05, 0) is 42.7 Å². The van der Waals surface area contributed by atoms with Crippen LogP contribution in [-0.2, 0) is 12.8 Å². The standard InChI is InChI=1S/C28H32ClFN4O/c1-4-19(3)26-31-25(5-2)23(18-20-10-12-21(30)13-11-20)27(32-26)33-14-16-34(17-15-33)28(35)22-8-6-7-9-24(22)29/h6-13,19H,4-5,14-18H2,1-3H3/t19-/m1/s1. The minimum atomic E-state index is -0.243. The van der Waals surface area contributed by atoms with Gasteiger partial charge in [-0.1, -0.05) is 56.6 Å². The van der Waals surface area contributed by atoms with E-state index in [1.165, 1.54) is 12.1 Å². The van der Waals surface area contributed by atoms with Crippen LogP contribution in [0.2, 0.25) is 5.02 Å². The third-order valence-corrected chi connectivity index (χ3v) is 7.07. The molecule has 4 rings (SSSR count). The Bertz CT molecular complexity index is 1180. The first-order valence-electron chi connectivity index (χ1n) is 12.3. The molecule has 0 unspecified atom stereocenters. The van der Waals surface area contributed by atoms with Crippen LogP contribution in [0.3, 0.4) is 0 Å². The van der Waals surface area contributed by atoms with E-state index in [-0.39, 0.29) is 17.6 Å². The van der Waals surface area contributed by atoms with Crippen LogP contribution in [0.25, 0.3) is 0 Å². The summed E-state index contributed by atoms with van der Waals surface area (Å²) in [5, 5.41) is 0.475. The number of anilines is 1. The van der Waals surface area contributed by atoms with E-state index in [0.29, 0.717) is 43.2 Å². The van der Waals surface area contributed by atoms with Crippen molar-refractivity contribution in [2.75, 3.05) is 31.1 Å². The molecule has 0 radical (unpaired) electrons. The zero-order chi connectivity index (χ0) is 24.9. The second-order valence-corrected chi connectivity index (χ2v) is 9.46. The molecule has 2 heterocycles. The number of aromatic nitrogens is 2. The summed E-state index contributed by atoms with van der Waals surface area (Å²) in [5.74, 6) is 1.76. The molecule has 0 aliphatic carbocycles. The number of carbonyl (C=O) groups excluding carboxylic acids is 1. The Hall–Kier alpha value is -2.99. The lowest BCUT2D eigenvalue weighted by Crippen LogP contribution is -2.49. The fourth-order valence-electron chi connectivity index (χ4n) is 4.41. The van der Waals surface area contributed by atoms with Crippen LogP contribution in [0.15, 0.2) is 48.5 Å². The van der Waals surface area contributed by atoms with Crippen LogP contribution in [0.1, 0.15) is 66.1 Å². The molecule has 5 nitrogen and oxygen atoms in total. The number of rotatable bonds is 7. The summed E-state index contributed by atoms with van der Waals surface area (Å²) in [4.78, 5) is 27.2. The minimum absolute atomic E-state index is 0.0426. The zero-order valence-electron chi connectivity index (χ0n) is 20.6. The van der Waals surface area contributed by atoms with E-state index in [9.17, 15) is 9.18 Å². The molecule has 1 atom stereocenters. The van der Waals surface area contributed by atoms with Gasteiger partial charge in [-0.25, -0.2) is 14.4 Å². The Morgan fingerprint density at radius 2 is 1.71 bits per heavy atom. The molecule has 0 spiro atoms. The van der Waals surface area contributed by atoms with E-state index in [2.05, 4.69) is 25.7 Å². The van der Waals surface area contributed by atoms with Crippen LogP contribution in [0.4, 0.5) is 10.2 Å². The molecule has 2 aromatic carbocycles. The van der Waals surface area contributed by atoms with Crippen molar-refractivity contribution >= 4 is 23.3 Å². The first-order valence-corrected chi connectivity index (χ1v) is 12.7. The summed E-state index contributed by atoms with van der Waals surface area (Å²) in [6.45, 7) is 8.93. The van der Waals surface area contributed by atoms with Crippen molar-refractivity contribution in [2.45, 2.75) is 46.0 Å². The predicted octanol–water partition coefficient (Wildman–Crippen LogP) is 5.90. The number of hydrogen-bond acceptors (Lipinski definition) is 4. The molecule has 1 aromatic heterocycles. The molecule has 0 N–H and O–H groups in total. The lowest BCUT2D eigenvalue weighted by molar-refractivity contribution is 0.0746. The molecule has 1 aliphatic heterocycles. The number of aryl methyl sites for hydroxylation is 1. The van der Waals surface area contributed by atoms with E-state index in [1.807, 2.05) is 29.2 Å². The summed E-state index contributed by atoms with van der Waals surface area (Å²) in [5.41, 5.74) is 3.67. The highest BCUT2D eigenvalue weighted by Gasteiger charge is 2.27. The van der Waals surface area contributed by atoms with Gasteiger partial charge >= 0.3 is 0 Å². The first-order chi connectivity index (χ1) is 16.9. The Morgan fingerprint density at radius 3 is 2.34 bits per heavy atom. The molecule has 0 saturated carbocycles. The fourth-order valence-corrected chi connectivity index (χ4v) is 4.62. The van der Waals surface area contributed by atoms with Gasteiger partial charge in [-0.15, -0.1) is 0 Å². The molecule has 35 heavy (non-hydrogen) atoms. The summed E-state index contributed by atoms with van der Waals surface area (Å²) in [6.07, 6.45) is 2.39. The molecule has 1 amide bonds. The number of piperazine rings is 1. The lowest BCUT2D eigenvalue weighted by atomic mass is 10.0. The number of nitrogens with zero attached hydrogens (tertiary/aromatic N) is 4. The lowest BCUT2D eigenvalue weighted by Gasteiger charge is -2.37. The summed E-state index contributed by atoms with van der Waals surface area (Å²) in [7, 11) is 0. The van der Waals surface area contributed by atoms with Gasteiger partial charge in [0.15, 0.2) is 0 Å². The van der Waals surface area contributed by atoms with Gasteiger partial charge in [0.25, 0.3) is 5.91 Å². The summed E-state index contributed by atoms with van der Waals surface area (Å²) in [6, 6.07) is 13.8. The second kappa shape index (κ2) is 11.2. The van der Waals surface area contributed by atoms with E-state index in [1.54, 1.807) is 12.1 Å². The van der Waals surface area contributed by atoms with E-state index in [4.69, 9.17) is 21.6 Å². The maximum atomic E-state index is 13.5. The van der Waals surface area contributed by atoms with Crippen molar-refractivity contribution in [2.24, 2.45) is 0 Å². The molecule has 184 valence electrons. The van der Waals surface area contributed by atoms with E-state index in [0.717, 1.165) is 41.3 Å². The van der Waals surface area contributed by atoms with Crippen molar-refractivity contribution < 1.29 is 9.18 Å². The van der Waals surface area contributed by atoms with E-state index >= 15 is 0 Å². The van der Waals surface area contributed by atoms with Crippen molar-refractivity contribution in [1.82, 2.24) is 14.9 Å². The Morgan fingerprint density at radius 1 is 1.03 bits per heavy atom. The van der Waals surface area contributed by atoms with Gasteiger partial charge in [-0.3, -0.25) is 4.79 Å². The van der Waals surface area contributed by atoms with Gasteiger partial charge in [-0.2, -0.15) is 0 Å². The largest absolute Gasteiger partial charge is 0.353 e. The number of benzene rings is 2. The van der Waals surface area contributed by atoms with Crippen molar-refractivity contribution in [3.63, 3.8) is 0 Å². The van der Waals surface area contributed by atoms with Crippen LogP contribution in [0, 0.1) is 5.82 Å². The third kappa shape index (κ3) is 5.64. The zero-order valence-corrected chi connectivity index (χ0v) is 21.4. The molecule has 0 bridgehead atoms. The quantitative estimate of drug-likeness (QED) is 0.410. The first kappa shape index (κ1) is 25.1. The molecule has 1 fully saturated rings. The number of carbonyl (C=O) groups is 1. The summed E-state index contributed by atoms with van der Waals surface area (Å²) < 4.78 is 13.5. The van der Waals surface area contributed by atoms with Crippen LogP contribution in [-0.4, -0.2) is 47.0 Å². The van der Waals surface area contributed by atoms with Gasteiger partial charge in [0.2, 0.25) is 0 Å². The highest BCUT2D eigenvalue weighted by molar-refractivity contribution is 6.33. The molecule has 7 heteroatoms. The van der Waals surface area contributed by atoms with Gasteiger partial charge in [0.1, 0.15) is 17.5 Å². The third-order valence-electron chi connectivity index (χ3n) is 6.74. The topological polar surface area (TPSA) is 49.3 Å². The normalized spacial score (nSPS) is 14.8. The van der Waals surface area contributed by atoms with Gasteiger partial charge in [0, 0.05) is 49.8 Å². The second-order valence-electron chi connectivity index (χ2n) is 9.06. The molecular formula is C28H32ClFN4O. The Balaban J connectivity index is 1.62. The number of halogens is 2. The Labute approximate surface area is 212 Å². The smallest absolute Gasteiger partial charge is 0.255 e. The van der Waals surface area contributed by atoms with E-state index < -0.39 is 0 Å². The maximum Gasteiger partial charge on any atom is 0.255 e. The van der Waals surface area contributed by atoms with Gasteiger partial charge in [0.05, 0.1) is 10.6 Å². The molecule has 1 saturated heterocycles. The van der Waals surface area contributed by atoms with Crippen LogP contribution >= 0.6 is 11.6 Å². The van der Waals surface area contributed by atoms with Gasteiger partial charge < -0.3 is 9.80 Å². The number of hydrogen-bond donors (Lipinski definition) is 0. The van der Waals surface area contributed by atoms with Crippen molar-refractivity contribution in [3.05, 3.63) is 87.6 Å². The minimum Gasteiger partial charge on any atom is -0.353 e. The monoisotopic (exact) mass is 494 g/mol. The molecule has 1 aliphatic rings. The predicted molar refractivity (Wildman–Crippen MR) is 139 cm³/mol. The Kier molecular flexibility index (Phi) is 8.01. The van der Waals surface area contributed by atoms with Crippen molar-refractivity contribution in [1.29, 1.82) is 0 Å². The number of amides is 1. The van der Waals surface area contributed by atoms with Crippen LogP contribution in [0.5, 0.6) is 0 Å². The van der Waals surface area contributed by atoms with Crippen LogP contribution < -0.4 is 4.90 Å². The highest BCUT2D eigenvalue weighted by atomic mass is 35.5. The average molecular weight is 495 g/mol. The fraction of sp³-hybridized carbons (Fsp3) is 0.393. The summed E-state index contributed by atoms with van der Waals surface area (Å²) >= 11 is 6.27.